The number of aryl methyl sites for hydroxylation is 2. The molecule has 2 rings (SSSR count). The predicted octanol–water partition coefficient (Wildman–Crippen LogP) is 3.29. The second-order valence-corrected chi connectivity index (χ2v) is 7.41. The maximum Gasteiger partial charge on any atom is 0.276 e. The lowest BCUT2D eigenvalue weighted by molar-refractivity contribution is 0.355. The normalized spacial score (nSPS) is 11.6. The highest BCUT2D eigenvalue weighted by molar-refractivity contribution is 7.89. The fourth-order valence-corrected chi connectivity index (χ4v) is 3.29. The summed E-state index contributed by atoms with van der Waals surface area (Å²) in [6, 6.07) is 8.12. The molecule has 0 aliphatic heterocycles. The van der Waals surface area contributed by atoms with Gasteiger partial charge in [0.15, 0.2) is 11.5 Å². The molecule has 0 aliphatic rings. The molecule has 0 heterocycles. The molecule has 1 N–H and O–H groups in total. The van der Waals surface area contributed by atoms with Gasteiger partial charge < -0.3 is 9.47 Å². The fraction of sp³-hybridized carbons (Fsp3) is 0.235. The van der Waals surface area contributed by atoms with E-state index in [9.17, 15) is 8.42 Å². The Labute approximate surface area is 152 Å². The van der Waals surface area contributed by atoms with Crippen LogP contribution >= 0.6 is 11.6 Å². The van der Waals surface area contributed by atoms with E-state index < -0.39 is 10.0 Å². The molecule has 0 unspecified atom stereocenters. The van der Waals surface area contributed by atoms with Crippen molar-refractivity contribution in [3.05, 3.63) is 52.0 Å². The van der Waals surface area contributed by atoms with Crippen LogP contribution in [0.25, 0.3) is 0 Å². The van der Waals surface area contributed by atoms with Gasteiger partial charge in [0.05, 0.1) is 30.4 Å². The third kappa shape index (κ3) is 4.43. The molecule has 0 bridgehead atoms. The Balaban J connectivity index is 2.22. The highest BCUT2D eigenvalue weighted by Crippen LogP contribution is 2.35. The molecule has 0 radical (unpaired) electrons. The van der Waals surface area contributed by atoms with Gasteiger partial charge in [-0.15, -0.1) is 0 Å². The minimum absolute atomic E-state index is 0.151. The van der Waals surface area contributed by atoms with Gasteiger partial charge in [0.25, 0.3) is 10.0 Å². The number of halogens is 1. The van der Waals surface area contributed by atoms with Gasteiger partial charge in [-0.25, -0.2) is 4.83 Å². The lowest BCUT2D eigenvalue weighted by Crippen LogP contribution is -2.18. The SMILES string of the molecule is COc1cc(/C=N/NS(=O)(=O)c2ccc(C)c(C)c2)cc(Cl)c1OC. The van der Waals surface area contributed by atoms with E-state index >= 15 is 0 Å². The quantitative estimate of drug-likeness (QED) is 0.614. The van der Waals surface area contributed by atoms with Crippen molar-refractivity contribution >= 4 is 27.8 Å². The highest BCUT2D eigenvalue weighted by Gasteiger charge is 2.14. The summed E-state index contributed by atoms with van der Waals surface area (Å²) >= 11 is 6.11. The number of ether oxygens (including phenoxy) is 2. The van der Waals surface area contributed by atoms with Crippen molar-refractivity contribution in [2.75, 3.05) is 14.2 Å². The molecule has 0 atom stereocenters. The zero-order valence-corrected chi connectivity index (χ0v) is 15.9. The molecular formula is C17H19ClN2O4S. The molecule has 8 heteroatoms. The Morgan fingerprint density at radius 3 is 2.40 bits per heavy atom. The number of nitrogens with zero attached hydrogens (tertiary/aromatic N) is 1. The van der Waals surface area contributed by atoms with E-state index in [1.165, 1.54) is 26.5 Å². The number of benzene rings is 2. The standard InChI is InChI=1S/C17H19ClN2O4S/c1-11-5-6-14(7-12(11)2)25(21,22)20-19-10-13-8-15(18)17(24-4)16(9-13)23-3/h5-10,20H,1-4H3/b19-10+. The van der Waals surface area contributed by atoms with Gasteiger partial charge in [-0.2, -0.15) is 13.5 Å². The largest absolute Gasteiger partial charge is 0.493 e. The van der Waals surface area contributed by atoms with Crippen LogP contribution < -0.4 is 14.3 Å². The second-order valence-electron chi connectivity index (χ2n) is 5.34. The molecule has 0 fully saturated rings. The van der Waals surface area contributed by atoms with Gasteiger partial charge in [-0.1, -0.05) is 17.7 Å². The van der Waals surface area contributed by atoms with Gasteiger partial charge in [0.1, 0.15) is 0 Å². The first-order chi connectivity index (χ1) is 11.8. The monoisotopic (exact) mass is 382 g/mol. The number of nitrogens with one attached hydrogen (secondary N) is 1. The lowest BCUT2D eigenvalue weighted by atomic mass is 10.1. The summed E-state index contributed by atoms with van der Waals surface area (Å²) in [7, 11) is -0.780. The molecule has 134 valence electrons. The van der Waals surface area contributed by atoms with Crippen molar-refractivity contribution in [2.24, 2.45) is 5.10 Å². The van der Waals surface area contributed by atoms with Gasteiger partial charge >= 0.3 is 0 Å². The first kappa shape index (κ1) is 19.1. The van der Waals surface area contributed by atoms with Crippen LogP contribution in [0.5, 0.6) is 11.5 Å². The van der Waals surface area contributed by atoms with E-state index in [-0.39, 0.29) is 4.90 Å². The summed E-state index contributed by atoms with van der Waals surface area (Å²) in [4.78, 5) is 2.33. The molecule has 0 saturated heterocycles. The Bertz CT molecular complexity index is 911. The Hall–Kier alpha value is -2.25. The van der Waals surface area contributed by atoms with Crippen LogP contribution in [-0.2, 0) is 10.0 Å². The van der Waals surface area contributed by atoms with E-state index in [0.29, 0.717) is 22.1 Å². The number of sulfonamides is 1. The van der Waals surface area contributed by atoms with Gasteiger partial charge in [0.2, 0.25) is 0 Å². The summed E-state index contributed by atoms with van der Waals surface area (Å²) in [5.74, 6) is 0.825. The van der Waals surface area contributed by atoms with Gasteiger partial charge in [-0.3, -0.25) is 0 Å². The summed E-state index contributed by atoms with van der Waals surface area (Å²) in [5, 5.41) is 4.13. The molecule has 0 aliphatic carbocycles. The van der Waals surface area contributed by atoms with Crippen molar-refractivity contribution in [3.63, 3.8) is 0 Å². The summed E-state index contributed by atoms with van der Waals surface area (Å²) in [5.41, 5.74) is 2.46. The van der Waals surface area contributed by atoms with Crippen molar-refractivity contribution in [1.82, 2.24) is 4.83 Å². The predicted molar refractivity (Wildman–Crippen MR) is 98.4 cm³/mol. The van der Waals surface area contributed by atoms with Crippen LogP contribution in [0.3, 0.4) is 0 Å². The average molecular weight is 383 g/mol. The molecule has 0 saturated carbocycles. The zero-order chi connectivity index (χ0) is 18.6. The van der Waals surface area contributed by atoms with E-state index in [0.717, 1.165) is 11.1 Å². The van der Waals surface area contributed by atoms with Crippen molar-refractivity contribution in [3.8, 4) is 11.5 Å². The lowest BCUT2D eigenvalue weighted by Gasteiger charge is -2.10. The van der Waals surface area contributed by atoms with E-state index in [1.807, 2.05) is 13.8 Å². The fourth-order valence-electron chi connectivity index (χ4n) is 2.12. The third-order valence-electron chi connectivity index (χ3n) is 3.63. The van der Waals surface area contributed by atoms with Crippen LogP contribution in [0.1, 0.15) is 16.7 Å². The zero-order valence-electron chi connectivity index (χ0n) is 14.3. The molecule has 2 aromatic rings. The minimum atomic E-state index is -3.75. The van der Waals surface area contributed by atoms with Gasteiger partial charge in [0, 0.05) is 0 Å². The van der Waals surface area contributed by atoms with Gasteiger partial charge in [-0.05, 0) is 54.8 Å². The van der Waals surface area contributed by atoms with Crippen LogP contribution in [0.4, 0.5) is 0 Å². The summed E-state index contributed by atoms with van der Waals surface area (Å²) < 4.78 is 34.9. The number of hydrogen-bond acceptors (Lipinski definition) is 5. The number of rotatable bonds is 6. The number of methoxy groups -OCH3 is 2. The Morgan fingerprint density at radius 1 is 1.08 bits per heavy atom. The first-order valence-electron chi connectivity index (χ1n) is 7.32. The summed E-state index contributed by atoms with van der Waals surface area (Å²) in [6.07, 6.45) is 1.34. The van der Waals surface area contributed by atoms with E-state index in [1.54, 1.807) is 24.3 Å². The maximum atomic E-state index is 12.3. The van der Waals surface area contributed by atoms with Crippen molar-refractivity contribution in [2.45, 2.75) is 18.7 Å². The van der Waals surface area contributed by atoms with E-state index in [4.69, 9.17) is 21.1 Å². The highest BCUT2D eigenvalue weighted by atomic mass is 35.5. The van der Waals surface area contributed by atoms with Crippen LogP contribution in [-0.4, -0.2) is 28.9 Å². The molecule has 2 aromatic carbocycles. The number of hydrogen-bond donors (Lipinski definition) is 1. The third-order valence-corrected chi connectivity index (χ3v) is 5.13. The number of hydrazone groups is 1. The molecule has 25 heavy (non-hydrogen) atoms. The Kier molecular flexibility index (Phi) is 5.92. The average Bonchev–Trinajstić information content (AvgIpc) is 2.56. The van der Waals surface area contributed by atoms with Crippen LogP contribution in [0, 0.1) is 13.8 Å². The van der Waals surface area contributed by atoms with Crippen molar-refractivity contribution < 1.29 is 17.9 Å². The molecule has 6 nitrogen and oxygen atoms in total. The topological polar surface area (TPSA) is 77.0 Å². The first-order valence-corrected chi connectivity index (χ1v) is 9.18. The van der Waals surface area contributed by atoms with E-state index in [2.05, 4.69) is 9.93 Å². The molecule has 0 spiro atoms. The minimum Gasteiger partial charge on any atom is -0.493 e. The Morgan fingerprint density at radius 2 is 1.80 bits per heavy atom. The summed E-state index contributed by atoms with van der Waals surface area (Å²) in [6.45, 7) is 3.77. The molecular weight excluding hydrogens is 364 g/mol. The second kappa shape index (κ2) is 7.76. The maximum absolute atomic E-state index is 12.3. The van der Waals surface area contributed by atoms with Crippen LogP contribution in [0.15, 0.2) is 40.3 Å². The molecule has 0 amide bonds. The molecule has 0 aromatic heterocycles. The van der Waals surface area contributed by atoms with Crippen LogP contribution in [0.2, 0.25) is 5.02 Å². The van der Waals surface area contributed by atoms with Crippen molar-refractivity contribution in [1.29, 1.82) is 0 Å². The smallest absolute Gasteiger partial charge is 0.276 e.